The van der Waals surface area contributed by atoms with Crippen LogP contribution in [0.2, 0.25) is 0 Å². The summed E-state index contributed by atoms with van der Waals surface area (Å²) in [6.45, 7) is 1.37. The van der Waals surface area contributed by atoms with Crippen molar-refractivity contribution in [3.63, 3.8) is 0 Å². The summed E-state index contributed by atoms with van der Waals surface area (Å²) >= 11 is 1.47. The fourth-order valence-corrected chi connectivity index (χ4v) is 4.43. The first-order valence-corrected chi connectivity index (χ1v) is 8.11. The van der Waals surface area contributed by atoms with E-state index in [1.165, 1.54) is 30.6 Å². The second-order valence-corrected chi connectivity index (χ2v) is 6.84. The number of anilines is 1. The summed E-state index contributed by atoms with van der Waals surface area (Å²) in [6.07, 6.45) is 6.47. The number of nitrogen functional groups attached to an aromatic ring is 1. The van der Waals surface area contributed by atoms with Gasteiger partial charge >= 0.3 is 0 Å². The Morgan fingerprint density at radius 2 is 2.10 bits per heavy atom. The van der Waals surface area contributed by atoms with Crippen LogP contribution in [0, 0.1) is 17.2 Å². The Hall–Kier alpha value is -1.54. The highest BCUT2D eigenvalue weighted by molar-refractivity contribution is 7.16. The van der Waals surface area contributed by atoms with Crippen molar-refractivity contribution >= 4 is 22.2 Å². The van der Waals surface area contributed by atoms with Gasteiger partial charge in [0.1, 0.15) is 11.1 Å². The molecule has 0 spiro atoms. The molecule has 1 aliphatic carbocycles. The number of nitrogens with zero attached hydrogens (tertiary/aromatic N) is 2. The molecular weight excluding hydrogens is 270 g/mol. The van der Waals surface area contributed by atoms with Gasteiger partial charge in [-0.15, -0.1) is 11.3 Å². The van der Waals surface area contributed by atoms with Gasteiger partial charge in [-0.1, -0.05) is 19.3 Å². The van der Waals surface area contributed by atoms with Crippen LogP contribution < -0.4 is 5.73 Å². The molecule has 1 aliphatic heterocycles. The molecule has 106 valence electrons. The number of amides is 1. The molecule has 20 heavy (non-hydrogen) atoms. The Bertz CT molecular complexity index is 566. The first-order chi connectivity index (χ1) is 9.70. The van der Waals surface area contributed by atoms with Crippen LogP contribution in [0.3, 0.4) is 0 Å². The van der Waals surface area contributed by atoms with E-state index in [1.54, 1.807) is 0 Å². The minimum Gasteiger partial charge on any atom is -0.389 e. The molecule has 0 unspecified atom stereocenters. The summed E-state index contributed by atoms with van der Waals surface area (Å²) in [5.74, 6) is 0.527. The SMILES string of the molecule is N#Cc1c(N)sc2c1CCN(C(=O)C1CCCCC1)C2. The van der Waals surface area contributed by atoms with Crippen molar-refractivity contribution in [3.8, 4) is 6.07 Å². The summed E-state index contributed by atoms with van der Waals surface area (Å²) in [4.78, 5) is 15.6. The topological polar surface area (TPSA) is 70.1 Å². The van der Waals surface area contributed by atoms with Gasteiger partial charge in [-0.25, -0.2) is 0 Å². The van der Waals surface area contributed by atoms with Crippen LogP contribution >= 0.6 is 11.3 Å². The lowest BCUT2D eigenvalue weighted by Crippen LogP contribution is -2.40. The summed E-state index contributed by atoms with van der Waals surface area (Å²) < 4.78 is 0. The number of rotatable bonds is 1. The Labute approximate surface area is 123 Å². The first kappa shape index (κ1) is 13.4. The van der Waals surface area contributed by atoms with Gasteiger partial charge in [0.15, 0.2) is 0 Å². The van der Waals surface area contributed by atoms with Crippen LogP contribution in [-0.4, -0.2) is 17.4 Å². The third-order valence-corrected chi connectivity index (χ3v) is 5.51. The quantitative estimate of drug-likeness (QED) is 0.864. The van der Waals surface area contributed by atoms with E-state index in [4.69, 9.17) is 11.0 Å². The number of hydrogen-bond donors (Lipinski definition) is 1. The Kier molecular flexibility index (Phi) is 3.66. The van der Waals surface area contributed by atoms with E-state index in [1.807, 2.05) is 4.90 Å². The van der Waals surface area contributed by atoms with Gasteiger partial charge in [-0.3, -0.25) is 4.79 Å². The Morgan fingerprint density at radius 3 is 2.80 bits per heavy atom. The van der Waals surface area contributed by atoms with Gasteiger partial charge in [0.05, 0.1) is 12.1 Å². The molecular formula is C15H19N3OS. The average molecular weight is 289 g/mol. The maximum absolute atomic E-state index is 12.6. The number of fused-ring (bicyclic) bond motifs is 1. The van der Waals surface area contributed by atoms with Crippen molar-refractivity contribution in [2.75, 3.05) is 12.3 Å². The molecule has 4 nitrogen and oxygen atoms in total. The largest absolute Gasteiger partial charge is 0.389 e. The number of hydrogen-bond acceptors (Lipinski definition) is 4. The van der Waals surface area contributed by atoms with Crippen molar-refractivity contribution < 1.29 is 4.79 Å². The second kappa shape index (κ2) is 5.45. The highest BCUT2D eigenvalue weighted by atomic mass is 32.1. The molecule has 2 N–H and O–H groups in total. The standard InChI is InChI=1S/C15H19N3OS/c16-8-12-11-6-7-18(9-13(11)20-14(12)17)15(19)10-4-2-1-3-5-10/h10H,1-7,9,17H2. The van der Waals surface area contributed by atoms with Gasteiger partial charge in [0, 0.05) is 17.3 Å². The average Bonchev–Trinajstić information content (AvgIpc) is 2.81. The summed E-state index contributed by atoms with van der Waals surface area (Å²) in [5, 5.41) is 9.74. The van der Waals surface area contributed by atoms with Crippen LogP contribution in [0.5, 0.6) is 0 Å². The van der Waals surface area contributed by atoms with E-state index in [0.29, 0.717) is 23.0 Å². The number of carbonyl (C=O) groups excluding carboxylic acids is 1. The van der Waals surface area contributed by atoms with Crippen LogP contribution in [0.1, 0.15) is 48.1 Å². The number of thiophene rings is 1. The maximum atomic E-state index is 12.6. The molecule has 1 amide bonds. The zero-order valence-corrected chi connectivity index (χ0v) is 12.3. The van der Waals surface area contributed by atoms with Crippen molar-refractivity contribution in [2.24, 2.45) is 5.92 Å². The second-order valence-electron chi connectivity index (χ2n) is 5.70. The van der Waals surface area contributed by atoms with Gasteiger partial charge in [0.25, 0.3) is 0 Å². The molecule has 3 rings (SSSR count). The van der Waals surface area contributed by atoms with Gasteiger partial charge in [0.2, 0.25) is 5.91 Å². The van der Waals surface area contributed by atoms with Crippen molar-refractivity contribution in [3.05, 3.63) is 16.0 Å². The van der Waals surface area contributed by atoms with E-state index in [9.17, 15) is 4.79 Å². The monoisotopic (exact) mass is 289 g/mol. The number of carbonyl (C=O) groups is 1. The van der Waals surface area contributed by atoms with Crippen molar-refractivity contribution in [1.29, 1.82) is 5.26 Å². The zero-order valence-electron chi connectivity index (χ0n) is 11.5. The molecule has 1 aromatic heterocycles. The highest BCUT2D eigenvalue weighted by Gasteiger charge is 2.30. The van der Waals surface area contributed by atoms with Crippen LogP contribution in [0.25, 0.3) is 0 Å². The van der Waals surface area contributed by atoms with Gasteiger partial charge < -0.3 is 10.6 Å². The Balaban J connectivity index is 1.75. The first-order valence-electron chi connectivity index (χ1n) is 7.29. The zero-order chi connectivity index (χ0) is 14.1. The van der Waals surface area contributed by atoms with Gasteiger partial charge in [-0.2, -0.15) is 5.26 Å². The molecule has 2 aliphatic rings. The number of nitriles is 1. The molecule has 1 aromatic rings. The predicted octanol–water partition coefficient (Wildman–Crippen LogP) is 2.67. The summed E-state index contributed by atoms with van der Waals surface area (Å²) in [5.41, 5.74) is 7.59. The minimum atomic E-state index is 0.220. The molecule has 2 heterocycles. The predicted molar refractivity (Wildman–Crippen MR) is 79.1 cm³/mol. The molecule has 0 aromatic carbocycles. The number of nitrogens with two attached hydrogens (primary N) is 1. The lowest BCUT2D eigenvalue weighted by atomic mass is 9.88. The molecule has 0 saturated heterocycles. The summed E-state index contributed by atoms with van der Waals surface area (Å²) in [7, 11) is 0. The smallest absolute Gasteiger partial charge is 0.226 e. The van der Waals surface area contributed by atoms with Crippen LogP contribution in [0.15, 0.2) is 0 Å². The summed E-state index contributed by atoms with van der Waals surface area (Å²) in [6, 6.07) is 2.19. The van der Waals surface area contributed by atoms with Gasteiger partial charge in [-0.05, 0) is 24.8 Å². The third-order valence-electron chi connectivity index (χ3n) is 4.46. The van der Waals surface area contributed by atoms with Crippen LogP contribution in [0.4, 0.5) is 5.00 Å². The molecule has 0 bridgehead atoms. The Morgan fingerprint density at radius 1 is 1.35 bits per heavy atom. The van der Waals surface area contributed by atoms with E-state index in [-0.39, 0.29) is 5.92 Å². The molecule has 0 radical (unpaired) electrons. The molecule has 1 saturated carbocycles. The van der Waals surface area contributed by atoms with E-state index < -0.39 is 0 Å². The highest BCUT2D eigenvalue weighted by Crippen LogP contribution is 2.35. The van der Waals surface area contributed by atoms with E-state index in [2.05, 4.69) is 6.07 Å². The van der Waals surface area contributed by atoms with E-state index in [0.717, 1.165) is 36.2 Å². The normalized spacial score (nSPS) is 19.4. The molecule has 1 fully saturated rings. The lowest BCUT2D eigenvalue weighted by molar-refractivity contribution is -0.137. The molecule has 0 atom stereocenters. The fraction of sp³-hybridized carbons (Fsp3) is 0.600. The van der Waals surface area contributed by atoms with Crippen molar-refractivity contribution in [1.82, 2.24) is 4.90 Å². The minimum absolute atomic E-state index is 0.220. The fourth-order valence-electron chi connectivity index (χ4n) is 3.34. The van der Waals surface area contributed by atoms with Crippen molar-refractivity contribution in [2.45, 2.75) is 45.1 Å². The third kappa shape index (κ3) is 2.29. The van der Waals surface area contributed by atoms with Crippen LogP contribution in [-0.2, 0) is 17.8 Å². The van der Waals surface area contributed by atoms with E-state index >= 15 is 0 Å². The molecule has 5 heteroatoms. The lowest BCUT2D eigenvalue weighted by Gasteiger charge is -2.32. The maximum Gasteiger partial charge on any atom is 0.226 e.